The first-order chi connectivity index (χ1) is 8.99. The van der Waals surface area contributed by atoms with E-state index in [4.69, 9.17) is 4.74 Å². The summed E-state index contributed by atoms with van der Waals surface area (Å²) in [6.07, 6.45) is 0. The van der Waals surface area contributed by atoms with Gasteiger partial charge in [0.25, 0.3) is 0 Å². The molecule has 0 saturated heterocycles. The fourth-order valence-corrected chi connectivity index (χ4v) is 3.12. The van der Waals surface area contributed by atoms with Gasteiger partial charge >= 0.3 is 0 Å². The van der Waals surface area contributed by atoms with E-state index in [0.29, 0.717) is 17.2 Å². The van der Waals surface area contributed by atoms with Crippen molar-refractivity contribution in [3.63, 3.8) is 0 Å². The average molecular weight is 281 g/mol. The lowest BCUT2D eigenvalue weighted by molar-refractivity contribution is 0.404. The van der Waals surface area contributed by atoms with Crippen molar-refractivity contribution in [1.29, 1.82) is 0 Å². The Balaban J connectivity index is 2.82. The second-order valence-electron chi connectivity index (χ2n) is 5.37. The number of thioether (sulfide) groups is 1. The molecule has 1 rings (SSSR count). The molecule has 0 bridgehead atoms. The van der Waals surface area contributed by atoms with Crippen molar-refractivity contribution in [3.05, 3.63) is 29.3 Å². The summed E-state index contributed by atoms with van der Waals surface area (Å²) in [5, 5.41) is 4.09. The SMILES string of the molecule is CNC(CSC(C)C(C)C)c1cc(C)ccc1OC. The van der Waals surface area contributed by atoms with Crippen LogP contribution in [0.25, 0.3) is 0 Å². The number of nitrogens with one attached hydrogen (secondary N) is 1. The van der Waals surface area contributed by atoms with Gasteiger partial charge in [-0.2, -0.15) is 11.8 Å². The van der Waals surface area contributed by atoms with Gasteiger partial charge in [0, 0.05) is 22.6 Å². The zero-order valence-electron chi connectivity index (χ0n) is 13.0. The fraction of sp³-hybridized carbons (Fsp3) is 0.625. The number of methoxy groups -OCH3 is 1. The molecule has 0 fully saturated rings. The molecule has 1 aromatic rings. The topological polar surface area (TPSA) is 21.3 Å². The zero-order valence-corrected chi connectivity index (χ0v) is 13.8. The van der Waals surface area contributed by atoms with E-state index in [-0.39, 0.29) is 0 Å². The molecule has 19 heavy (non-hydrogen) atoms. The van der Waals surface area contributed by atoms with E-state index in [1.807, 2.05) is 18.8 Å². The second-order valence-corrected chi connectivity index (χ2v) is 6.78. The highest BCUT2D eigenvalue weighted by Gasteiger charge is 2.17. The first-order valence-corrected chi connectivity index (χ1v) is 7.97. The van der Waals surface area contributed by atoms with Crippen LogP contribution < -0.4 is 10.1 Å². The van der Waals surface area contributed by atoms with Crippen molar-refractivity contribution in [3.8, 4) is 5.75 Å². The summed E-state index contributed by atoms with van der Waals surface area (Å²) in [5.74, 6) is 2.75. The zero-order chi connectivity index (χ0) is 14.4. The molecular weight excluding hydrogens is 254 g/mol. The highest BCUT2D eigenvalue weighted by Crippen LogP contribution is 2.30. The second kappa shape index (κ2) is 7.81. The molecular formula is C16H27NOS. The third kappa shape index (κ3) is 4.73. The highest BCUT2D eigenvalue weighted by atomic mass is 32.2. The van der Waals surface area contributed by atoms with Gasteiger partial charge in [-0.1, -0.05) is 38.5 Å². The van der Waals surface area contributed by atoms with E-state index in [1.54, 1.807) is 7.11 Å². The average Bonchev–Trinajstić information content (AvgIpc) is 2.39. The van der Waals surface area contributed by atoms with Crippen LogP contribution in [-0.2, 0) is 0 Å². The van der Waals surface area contributed by atoms with Gasteiger partial charge in [-0.3, -0.25) is 0 Å². The molecule has 1 N–H and O–H groups in total. The molecule has 0 aromatic heterocycles. The Bertz CT molecular complexity index is 392. The van der Waals surface area contributed by atoms with Gasteiger partial charge in [0.05, 0.1) is 7.11 Å². The van der Waals surface area contributed by atoms with Gasteiger partial charge in [0.2, 0.25) is 0 Å². The van der Waals surface area contributed by atoms with Gasteiger partial charge in [-0.15, -0.1) is 0 Å². The van der Waals surface area contributed by atoms with Crippen molar-refractivity contribution < 1.29 is 4.74 Å². The first kappa shape index (κ1) is 16.4. The molecule has 3 heteroatoms. The smallest absolute Gasteiger partial charge is 0.123 e. The molecule has 108 valence electrons. The van der Waals surface area contributed by atoms with Crippen LogP contribution in [0, 0.1) is 12.8 Å². The lowest BCUT2D eigenvalue weighted by Gasteiger charge is -2.22. The quantitative estimate of drug-likeness (QED) is 0.815. The molecule has 2 unspecified atom stereocenters. The number of hydrogen-bond donors (Lipinski definition) is 1. The summed E-state index contributed by atoms with van der Waals surface area (Å²) in [6, 6.07) is 6.71. The molecule has 0 aliphatic rings. The maximum atomic E-state index is 5.49. The van der Waals surface area contributed by atoms with Crippen LogP contribution in [0.3, 0.4) is 0 Å². The van der Waals surface area contributed by atoms with E-state index in [9.17, 15) is 0 Å². The number of hydrogen-bond acceptors (Lipinski definition) is 3. The van der Waals surface area contributed by atoms with E-state index in [2.05, 4.69) is 51.2 Å². The number of ether oxygens (including phenoxy) is 1. The van der Waals surface area contributed by atoms with Crippen LogP contribution in [0.15, 0.2) is 18.2 Å². The van der Waals surface area contributed by atoms with Gasteiger partial charge in [-0.25, -0.2) is 0 Å². The monoisotopic (exact) mass is 281 g/mol. The summed E-state index contributed by atoms with van der Waals surface area (Å²) in [6.45, 7) is 8.98. The minimum atomic E-state index is 0.334. The van der Waals surface area contributed by atoms with Gasteiger partial charge < -0.3 is 10.1 Å². The summed E-state index contributed by atoms with van der Waals surface area (Å²) < 4.78 is 5.49. The molecule has 0 aliphatic heterocycles. The molecule has 0 spiro atoms. The molecule has 2 atom stereocenters. The van der Waals surface area contributed by atoms with Crippen LogP contribution in [0.5, 0.6) is 5.75 Å². The summed E-state index contributed by atoms with van der Waals surface area (Å²) in [5.41, 5.74) is 2.53. The Hall–Kier alpha value is -0.670. The van der Waals surface area contributed by atoms with Crippen molar-refractivity contribution in [2.75, 3.05) is 19.9 Å². The third-order valence-electron chi connectivity index (χ3n) is 3.57. The molecule has 0 heterocycles. The standard InChI is InChI=1S/C16H27NOS/c1-11(2)13(4)19-10-15(17-5)14-9-12(3)7-8-16(14)18-6/h7-9,11,13,15,17H,10H2,1-6H3. The Morgan fingerprint density at radius 1 is 1.26 bits per heavy atom. The van der Waals surface area contributed by atoms with E-state index in [0.717, 1.165) is 11.5 Å². The lowest BCUT2D eigenvalue weighted by atomic mass is 10.0. The Labute approximate surface area is 122 Å². The van der Waals surface area contributed by atoms with Crippen LogP contribution in [0.2, 0.25) is 0 Å². The number of benzene rings is 1. The van der Waals surface area contributed by atoms with Crippen molar-refractivity contribution in [2.24, 2.45) is 5.92 Å². The minimum absolute atomic E-state index is 0.334. The fourth-order valence-electron chi connectivity index (χ4n) is 1.90. The van der Waals surface area contributed by atoms with E-state index < -0.39 is 0 Å². The van der Waals surface area contributed by atoms with E-state index in [1.165, 1.54) is 11.1 Å². The Morgan fingerprint density at radius 3 is 2.47 bits per heavy atom. The van der Waals surface area contributed by atoms with Gasteiger partial charge in [0.1, 0.15) is 5.75 Å². The van der Waals surface area contributed by atoms with Crippen molar-refractivity contribution in [1.82, 2.24) is 5.32 Å². The van der Waals surface area contributed by atoms with Crippen molar-refractivity contribution >= 4 is 11.8 Å². The molecule has 1 aromatic carbocycles. The van der Waals surface area contributed by atoms with Crippen LogP contribution in [0.1, 0.15) is 37.9 Å². The van der Waals surface area contributed by atoms with Crippen molar-refractivity contribution in [2.45, 2.75) is 39.0 Å². The van der Waals surface area contributed by atoms with Crippen LogP contribution >= 0.6 is 11.8 Å². The highest BCUT2D eigenvalue weighted by molar-refractivity contribution is 7.99. The number of aryl methyl sites for hydroxylation is 1. The maximum absolute atomic E-state index is 5.49. The summed E-state index contributed by atoms with van der Waals surface area (Å²) in [4.78, 5) is 0. The molecule has 0 amide bonds. The Kier molecular flexibility index (Phi) is 6.73. The molecule has 0 aliphatic carbocycles. The van der Waals surface area contributed by atoms with Gasteiger partial charge in [0.15, 0.2) is 0 Å². The Morgan fingerprint density at radius 2 is 1.95 bits per heavy atom. The summed E-state index contributed by atoms with van der Waals surface area (Å²) >= 11 is 2.02. The molecule has 2 nitrogen and oxygen atoms in total. The first-order valence-electron chi connectivity index (χ1n) is 6.93. The largest absolute Gasteiger partial charge is 0.496 e. The van der Waals surface area contributed by atoms with Gasteiger partial charge in [-0.05, 0) is 26.0 Å². The van der Waals surface area contributed by atoms with Crippen LogP contribution in [-0.4, -0.2) is 25.2 Å². The normalized spacial score (nSPS) is 14.5. The predicted octanol–water partition coefficient (Wildman–Crippen LogP) is 4.04. The molecule has 0 saturated carbocycles. The predicted molar refractivity (Wildman–Crippen MR) is 86.3 cm³/mol. The van der Waals surface area contributed by atoms with E-state index >= 15 is 0 Å². The number of rotatable bonds is 7. The lowest BCUT2D eigenvalue weighted by Crippen LogP contribution is -2.21. The minimum Gasteiger partial charge on any atom is -0.496 e. The summed E-state index contributed by atoms with van der Waals surface area (Å²) in [7, 11) is 3.76. The third-order valence-corrected chi connectivity index (χ3v) is 5.17. The molecule has 0 radical (unpaired) electrons. The van der Waals surface area contributed by atoms with Crippen LogP contribution in [0.4, 0.5) is 0 Å². The maximum Gasteiger partial charge on any atom is 0.123 e.